The van der Waals surface area contributed by atoms with Crippen LogP contribution in [0.15, 0.2) is 17.2 Å². The molecular weight excluding hydrogens is 310 g/mol. The summed E-state index contributed by atoms with van der Waals surface area (Å²) in [7, 11) is 1.38. The minimum Gasteiger partial charge on any atom is -0.503 e. The van der Waals surface area contributed by atoms with E-state index >= 15 is 0 Å². The highest BCUT2D eigenvalue weighted by atomic mass is 35.5. The summed E-state index contributed by atoms with van der Waals surface area (Å²) >= 11 is 5.82. The van der Waals surface area contributed by atoms with Crippen molar-refractivity contribution in [2.24, 2.45) is 5.10 Å². The minimum atomic E-state index is -0.867. The van der Waals surface area contributed by atoms with Gasteiger partial charge >= 0.3 is 11.8 Å². The molecule has 3 N–H and O–H groups in total. The molecule has 0 aliphatic heterocycles. The zero-order chi connectivity index (χ0) is 16.7. The molecule has 120 valence electrons. The number of methoxy groups -OCH3 is 1. The number of hydrogen-bond donors (Lipinski definition) is 3. The second-order valence-corrected chi connectivity index (χ2v) is 4.94. The van der Waals surface area contributed by atoms with Crippen molar-refractivity contribution in [3.63, 3.8) is 0 Å². The van der Waals surface area contributed by atoms with Gasteiger partial charge in [-0.1, -0.05) is 18.5 Å². The van der Waals surface area contributed by atoms with Crippen LogP contribution >= 0.6 is 11.6 Å². The number of halogens is 1. The standard InChI is InChI=1S/C14H18ClN3O4/c1-4-8(2)17-13(20)14(21)18-16-7-9-5-10(15)12(19)11(6-9)22-3/h5-8,19H,4H2,1-3H3,(H,17,20)(H,18,21)/b16-7-/t8-/m0/s1. The summed E-state index contributed by atoms with van der Waals surface area (Å²) < 4.78 is 4.94. The minimum absolute atomic E-state index is 0.0849. The molecule has 0 spiro atoms. The molecule has 7 nitrogen and oxygen atoms in total. The zero-order valence-corrected chi connectivity index (χ0v) is 13.3. The van der Waals surface area contributed by atoms with Crippen LogP contribution in [0.2, 0.25) is 5.02 Å². The molecular formula is C14H18ClN3O4. The average Bonchev–Trinajstić information content (AvgIpc) is 2.50. The lowest BCUT2D eigenvalue weighted by atomic mass is 10.2. The predicted molar refractivity (Wildman–Crippen MR) is 83.3 cm³/mol. The molecule has 0 bridgehead atoms. The summed E-state index contributed by atoms with van der Waals surface area (Å²) in [6.45, 7) is 3.68. The molecule has 1 atom stereocenters. The number of hydrogen-bond acceptors (Lipinski definition) is 5. The first-order valence-electron chi connectivity index (χ1n) is 6.59. The van der Waals surface area contributed by atoms with Crippen LogP contribution in [-0.4, -0.2) is 36.3 Å². The Labute approximate surface area is 133 Å². The van der Waals surface area contributed by atoms with Gasteiger partial charge in [-0.25, -0.2) is 5.43 Å². The molecule has 0 saturated carbocycles. The van der Waals surface area contributed by atoms with E-state index < -0.39 is 11.8 Å². The van der Waals surface area contributed by atoms with Crippen LogP contribution < -0.4 is 15.5 Å². The van der Waals surface area contributed by atoms with Crippen LogP contribution in [0.5, 0.6) is 11.5 Å². The monoisotopic (exact) mass is 327 g/mol. The van der Waals surface area contributed by atoms with Crippen LogP contribution in [0.4, 0.5) is 0 Å². The Kier molecular flexibility index (Phi) is 6.65. The van der Waals surface area contributed by atoms with Gasteiger partial charge in [-0.05, 0) is 31.0 Å². The summed E-state index contributed by atoms with van der Waals surface area (Å²) in [5.74, 6) is -1.63. The van der Waals surface area contributed by atoms with Crippen molar-refractivity contribution in [3.8, 4) is 11.5 Å². The molecule has 0 radical (unpaired) electrons. The highest BCUT2D eigenvalue weighted by Gasteiger charge is 2.14. The normalized spacial score (nSPS) is 12.0. The number of aromatic hydroxyl groups is 1. The molecule has 8 heteroatoms. The number of carbonyl (C=O) groups is 2. The number of nitrogens with zero attached hydrogens (tertiary/aromatic N) is 1. The van der Waals surface area contributed by atoms with E-state index in [4.69, 9.17) is 16.3 Å². The average molecular weight is 328 g/mol. The van der Waals surface area contributed by atoms with Crippen molar-refractivity contribution in [2.45, 2.75) is 26.3 Å². The lowest BCUT2D eigenvalue weighted by Crippen LogP contribution is -2.41. The number of phenols is 1. The van der Waals surface area contributed by atoms with Crippen molar-refractivity contribution in [1.82, 2.24) is 10.7 Å². The van der Waals surface area contributed by atoms with Gasteiger partial charge in [0, 0.05) is 6.04 Å². The predicted octanol–water partition coefficient (Wildman–Crippen LogP) is 1.42. The number of ether oxygens (including phenoxy) is 1. The first-order valence-corrected chi connectivity index (χ1v) is 6.97. The zero-order valence-electron chi connectivity index (χ0n) is 12.5. The molecule has 0 fully saturated rings. The van der Waals surface area contributed by atoms with Crippen LogP contribution in [0, 0.1) is 0 Å². The third-order valence-electron chi connectivity index (χ3n) is 2.85. The maximum Gasteiger partial charge on any atom is 0.329 e. The van der Waals surface area contributed by atoms with Gasteiger partial charge in [0.05, 0.1) is 18.3 Å². The van der Waals surface area contributed by atoms with Gasteiger partial charge in [0.15, 0.2) is 11.5 Å². The fourth-order valence-corrected chi connectivity index (χ4v) is 1.65. The Morgan fingerprint density at radius 3 is 2.73 bits per heavy atom. The van der Waals surface area contributed by atoms with Gasteiger partial charge < -0.3 is 15.2 Å². The molecule has 0 aliphatic rings. The molecule has 0 aromatic heterocycles. The number of rotatable bonds is 5. The van der Waals surface area contributed by atoms with Crippen LogP contribution in [0.3, 0.4) is 0 Å². The van der Waals surface area contributed by atoms with Gasteiger partial charge in [0.1, 0.15) is 0 Å². The molecule has 0 saturated heterocycles. The Morgan fingerprint density at radius 1 is 1.45 bits per heavy atom. The smallest absolute Gasteiger partial charge is 0.329 e. The lowest BCUT2D eigenvalue weighted by molar-refractivity contribution is -0.139. The SMILES string of the molecule is CC[C@H](C)NC(=O)C(=O)N/N=C\c1cc(Cl)c(O)c(OC)c1. The van der Waals surface area contributed by atoms with E-state index in [0.29, 0.717) is 12.0 Å². The summed E-state index contributed by atoms with van der Waals surface area (Å²) in [4.78, 5) is 23.0. The topological polar surface area (TPSA) is 100 Å². The van der Waals surface area contributed by atoms with E-state index in [9.17, 15) is 14.7 Å². The second kappa shape index (κ2) is 8.23. The van der Waals surface area contributed by atoms with Crippen LogP contribution in [0.1, 0.15) is 25.8 Å². The Morgan fingerprint density at radius 2 is 2.14 bits per heavy atom. The van der Waals surface area contributed by atoms with E-state index in [-0.39, 0.29) is 22.6 Å². The molecule has 0 unspecified atom stereocenters. The van der Waals surface area contributed by atoms with Crippen molar-refractivity contribution in [2.75, 3.05) is 7.11 Å². The van der Waals surface area contributed by atoms with Crippen molar-refractivity contribution in [3.05, 3.63) is 22.7 Å². The fraction of sp³-hybridized carbons (Fsp3) is 0.357. The summed E-state index contributed by atoms with van der Waals surface area (Å²) in [5, 5.41) is 15.9. The fourth-order valence-electron chi connectivity index (χ4n) is 1.43. The Bertz CT molecular complexity index is 590. The highest BCUT2D eigenvalue weighted by Crippen LogP contribution is 2.34. The molecule has 1 rings (SSSR count). The highest BCUT2D eigenvalue weighted by molar-refractivity contribution is 6.35. The summed E-state index contributed by atoms with van der Waals surface area (Å²) in [5.41, 5.74) is 2.59. The van der Waals surface area contributed by atoms with E-state index in [1.54, 1.807) is 6.92 Å². The molecule has 0 heterocycles. The van der Waals surface area contributed by atoms with E-state index in [1.165, 1.54) is 25.5 Å². The van der Waals surface area contributed by atoms with E-state index in [2.05, 4.69) is 15.8 Å². The van der Waals surface area contributed by atoms with Crippen molar-refractivity contribution < 1.29 is 19.4 Å². The third kappa shape index (κ3) is 4.92. The Balaban J connectivity index is 2.68. The van der Waals surface area contributed by atoms with Gasteiger partial charge in [0.2, 0.25) is 0 Å². The second-order valence-electron chi connectivity index (χ2n) is 4.54. The number of hydrazone groups is 1. The van der Waals surface area contributed by atoms with Gasteiger partial charge in [-0.2, -0.15) is 5.10 Å². The maximum atomic E-state index is 11.5. The van der Waals surface area contributed by atoms with Gasteiger partial charge in [-0.15, -0.1) is 0 Å². The molecule has 1 aromatic carbocycles. The summed E-state index contributed by atoms with van der Waals surface area (Å²) in [6.07, 6.45) is 2.00. The number of nitrogens with one attached hydrogen (secondary N) is 2. The first-order chi connectivity index (χ1) is 10.4. The molecule has 1 aromatic rings. The van der Waals surface area contributed by atoms with Crippen LogP contribution in [-0.2, 0) is 9.59 Å². The largest absolute Gasteiger partial charge is 0.503 e. The van der Waals surface area contributed by atoms with E-state index in [0.717, 1.165) is 0 Å². The number of amides is 2. The van der Waals surface area contributed by atoms with Crippen molar-refractivity contribution in [1.29, 1.82) is 0 Å². The maximum absolute atomic E-state index is 11.5. The quantitative estimate of drug-likeness (QED) is 0.432. The number of phenolic OH excluding ortho intramolecular Hbond substituents is 1. The molecule has 2 amide bonds. The van der Waals surface area contributed by atoms with Gasteiger partial charge in [0.25, 0.3) is 0 Å². The summed E-state index contributed by atoms with van der Waals surface area (Å²) in [6, 6.07) is 2.83. The third-order valence-corrected chi connectivity index (χ3v) is 3.13. The molecule has 22 heavy (non-hydrogen) atoms. The lowest BCUT2D eigenvalue weighted by Gasteiger charge is -2.09. The molecule has 0 aliphatic carbocycles. The first kappa shape index (κ1) is 17.8. The number of benzene rings is 1. The van der Waals surface area contributed by atoms with Crippen LogP contribution in [0.25, 0.3) is 0 Å². The van der Waals surface area contributed by atoms with E-state index in [1.807, 2.05) is 6.92 Å². The Hall–Kier alpha value is -2.28. The number of carbonyl (C=O) groups excluding carboxylic acids is 2. The van der Waals surface area contributed by atoms with Gasteiger partial charge in [-0.3, -0.25) is 9.59 Å². The van der Waals surface area contributed by atoms with Crippen molar-refractivity contribution >= 4 is 29.6 Å².